The van der Waals surface area contributed by atoms with E-state index < -0.39 is 0 Å². The van der Waals surface area contributed by atoms with Crippen LogP contribution in [-0.2, 0) is 0 Å². The van der Waals surface area contributed by atoms with E-state index in [1.807, 2.05) is 0 Å². The van der Waals surface area contributed by atoms with Crippen molar-refractivity contribution in [1.82, 2.24) is 9.97 Å². The molecule has 0 spiro atoms. The van der Waals surface area contributed by atoms with E-state index in [1.54, 1.807) is 25.1 Å². The topological polar surface area (TPSA) is 71.8 Å². The Kier molecular flexibility index (Phi) is 3.40. The summed E-state index contributed by atoms with van der Waals surface area (Å²) in [6, 6.07) is 6.61. The number of aromatic amines is 1. The van der Waals surface area contributed by atoms with Gasteiger partial charge in [0.25, 0.3) is 5.56 Å². The fourth-order valence-corrected chi connectivity index (χ4v) is 2.46. The van der Waals surface area contributed by atoms with Gasteiger partial charge in [-0.3, -0.25) is 4.79 Å². The summed E-state index contributed by atoms with van der Waals surface area (Å²) in [6.45, 7) is 1.76. The van der Waals surface area contributed by atoms with E-state index in [0.29, 0.717) is 21.6 Å². The van der Waals surface area contributed by atoms with Crippen molar-refractivity contribution in [2.75, 3.05) is 5.73 Å². The highest BCUT2D eigenvalue weighted by atomic mass is 35.5. The minimum atomic E-state index is -0.180. The number of hydrogen-bond acceptors (Lipinski definition) is 4. The zero-order valence-corrected chi connectivity index (χ0v) is 10.6. The summed E-state index contributed by atoms with van der Waals surface area (Å²) in [5.41, 5.74) is 6.90. The molecular weight excluding hydrogens is 258 g/mol. The minimum absolute atomic E-state index is 0.180. The fourth-order valence-electron chi connectivity index (χ4n) is 1.30. The molecule has 88 valence electrons. The quantitative estimate of drug-likeness (QED) is 0.648. The van der Waals surface area contributed by atoms with Gasteiger partial charge in [-0.1, -0.05) is 11.6 Å². The molecule has 0 saturated carbocycles. The number of aromatic nitrogens is 2. The second kappa shape index (κ2) is 4.81. The lowest BCUT2D eigenvalue weighted by molar-refractivity contribution is 0.905. The number of hydrogen-bond donors (Lipinski definition) is 2. The number of anilines is 1. The summed E-state index contributed by atoms with van der Waals surface area (Å²) in [7, 11) is 0. The van der Waals surface area contributed by atoms with Gasteiger partial charge in [0.15, 0.2) is 5.16 Å². The number of rotatable bonds is 2. The molecule has 0 bridgehead atoms. The summed E-state index contributed by atoms with van der Waals surface area (Å²) < 4.78 is 0. The summed E-state index contributed by atoms with van der Waals surface area (Å²) in [4.78, 5) is 18.9. The number of nitrogens with one attached hydrogen (secondary N) is 1. The Balaban J connectivity index is 2.37. The van der Waals surface area contributed by atoms with Crippen LogP contribution in [0.3, 0.4) is 0 Å². The van der Waals surface area contributed by atoms with Gasteiger partial charge in [0.2, 0.25) is 0 Å². The predicted octanol–water partition coefficient (Wildman–Crippen LogP) is 2.47. The molecule has 0 saturated heterocycles. The molecule has 0 aliphatic rings. The van der Waals surface area contributed by atoms with E-state index in [1.165, 1.54) is 17.8 Å². The fraction of sp³-hybridized carbons (Fsp3) is 0.0909. The third kappa shape index (κ3) is 3.01. The number of nitrogens with zero attached hydrogens (tertiary/aromatic N) is 1. The molecule has 1 aromatic heterocycles. The standard InChI is InChI=1S/C11H10ClN3OS/c1-6-4-10(16)15-11(14-6)17-9-5-7(12)2-3-8(9)13/h2-5H,13H2,1H3,(H,14,15,16). The molecule has 17 heavy (non-hydrogen) atoms. The van der Waals surface area contributed by atoms with Gasteiger partial charge in [0, 0.05) is 27.4 Å². The van der Waals surface area contributed by atoms with E-state index in [9.17, 15) is 4.79 Å². The third-order valence-corrected chi connectivity index (χ3v) is 3.23. The van der Waals surface area contributed by atoms with Gasteiger partial charge in [-0.25, -0.2) is 4.98 Å². The van der Waals surface area contributed by atoms with E-state index in [-0.39, 0.29) is 5.56 Å². The van der Waals surface area contributed by atoms with Crippen molar-refractivity contribution >= 4 is 29.1 Å². The smallest absolute Gasteiger partial charge is 0.251 e. The van der Waals surface area contributed by atoms with Gasteiger partial charge in [0.05, 0.1) is 0 Å². The molecule has 2 aromatic rings. The number of benzene rings is 1. The monoisotopic (exact) mass is 267 g/mol. The SMILES string of the molecule is Cc1cc(=O)[nH]c(Sc2cc(Cl)ccc2N)n1. The molecule has 0 unspecified atom stereocenters. The van der Waals surface area contributed by atoms with Crippen molar-refractivity contribution in [3.8, 4) is 0 Å². The lowest BCUT2D eigenvalue weighted by Crippen LogP contribution is -2.08. The second-order valence-corrected chi connectivity index (χ2v) is 4.94. The van der Waals surface area contributed by atoms with E-state index in [0.717, 1.165) is 4.90 Å². The Morgan fingerprint density at radius 1 is 1.41 bits per heavy atom. The van der Waals surface area contributed by atoms with Crippen LogP contribution in [0.4, 0.5) is 5.69 Å². The van der Waals surface area contributed by atoms with Crippen LogP contribution < -0.4 is 11.3 Å². The van der Waals surface area contributed by atoms with Gasteiger partial charge in [-0.05, 0) is 36.9 Å². The second-order valence-electron chi connectivity index (χ2n) is 3.48. The van der Waals surface area contributed by atoms with Gasteiger partial charge < -0.3 is 10.7 Å². The number of aryl methyl sites for hydroxylation is 1. The van der Waals surface area contributed by atoms with Crippen LogP contribution in [0.15, 0.2) is 39.1 Å². The van der Waals surface area contributed by atoms with Crippen molar-refractivity contribution in [2.45, 2.75) is 17.0 Å². The lowest BCUT2D eigenvalue weighted by atomic mass is 10.3. The van der Waals surface area contributed by atoms with Gasteiger partial charge in [0.1, 0.15) is 0 Å². The first-order valence-corrected chi connectivity index (χ1v) is 6.05. The first-order chi connectivity index (χ1) is 8.04. The Morgan fingerprint density at radius 2 is 2.18 bits per heavy atom. The Morgan fingerprint density at radius 3 is 2.88 bits per heavy atom. The normalized spacial score (nSPS) is 10.5. The maximum Gasteiger partial charge on any atom is 0.251 e. The summed E-state index contributed by atoms with van der Waals surface area (Å²) >= 11 is 7.16. The van der Waals surface area contributed by atoms with Crippen LogP contribution in [0, 0.1) is 6.92 Å². The Labute approximate surface area is 107 Å². The van der Waals surface area contributed by atoms with Crippen molar-refractivity contribution in [3.05, 3.63) is 45.3 Å². The van der Waals surface area contributed by atoms with E-state index in [4.69, 9.17) is 17.3 Å². The number of nitrogens with two attached hydrogens (primary N) is 1. The molecule has 1 heterocycles. The largest absolute Gasteiger partial charge is 0.398 e. The molecule has 0 amide bonds. The highest BCUT2D eigenvalue weighted by Crippen LogP contribution is 2.31. The highest BCUT2D eigenvalue weighted by Gasteiger charge is 2.05. The third-order valence-electron chi connectivity index (χ3n) is 2.03. The first kappa shape index (κ1) is 12.0. The van der Waals surface area contributed by atoms with Crippen LogP contribution in [0.5, 0.6) is 0 Å². The zero-order valence-electron chi connectivity index (χ0n) is 9.03. The molecule has 1 aromatic carbocycles. The lowest BCUT2D eigenvalue weighted by Gasteiger charge is -2.05. The number of nitrogen functional groups attached to an aromatic ring is 1. The Bertz CT molecular complexity index is 612. The summed E-state index contributed by atoms with van der Waals surface area (Å²) in [6.07, 6.45) is 0. The minimum Gasteiger partial charge on any atom is -0.398 e. The molecule has 0 aliphatic carbocycles. The number of halogens is 1. The molecule has 2 rings (SSSR count). The zero-order chi connectivity index (χ0) is 12.4. The van der Waals surface area contributed by atoms with Crippen molar-refractivity contribution in [1.29, 1.82) is 0 Å². The molecule has 0 aliphatic heterocycles. The van der Waals surface area contributed by atoms with Crippen LogP contribution in [0.1, 0.15) is 5.69 Å². The maximum absolute atomic E-state index is 11.3. The van der Waals surface area contributed by atoms with E-state index in [2.05, 4.69) is 9.97 Å². The molecule has 0 atom stereocenters. The van der Waals surface area contributed by atoms with Crippen LogP contribution >= 0.6 is 23.4 Å². The molecule has 6 heteroatoms. The highest BCUT2D eigenvalue weighted by molar-refractivity contribution is 7.99. The molecular formula is C11H10ClN3OS. The first-order valence-electron chi connectivity index (χ1n) is 4.85. The van der Waals surface area contributed by atoms with Crippen molar-refractivity contribution in [3.63, 3.8) is 0 Å². The average Bonchev–Trinajstić information content (AvgIpc) is 2.22. The van der Waals surface area contributed by atoms with Gasteiger partial charge in [-0.15, -0.1) is 0 Å². The molecule has 0 radical (unpaired) electrons. The van der Waals surface area contributed by atoms with E-state index >= 15 is 0 Å². The Hall–Kier alpha value is -1.46. The number of H-pyrrole nitrogens is 1. The summed E-state index contributed by atoms with van der Waals surface area (Å²) in [5.74, 6) is 0. The average molecular weight is 268 g/mol. The predicted molar refractivity (Wildman–Crippen MR) is 69.6 cm³/mol. The van der Waals surface area contributed by atoms with Crippen LogP contribution in [0.25, 0.3) is 0 Å². The van der Waals surface area contributed by atoms with Crippen LogP contribution in [-0.4, -0.2) is 9.97 Å². The van der Waals surface area contributed by atoms with Crippen LogP contribution in [0.2, 0.25) is 5.02 Å². The summed E-state index contributed by atoms with van der Waals surface area (Å²) in [5, 5.41) is 1.10. The van der Waals surface area contributed by atoms with Crippen molar-refractivity contribution < 1.29 is 0 Å². The molecule has 4 nitrogen and oxygen atoms in total. The maximum atomic E-state index is 11.3. The van der Waals surface area contributed by atoms with Crippen molar-refractivity contribution in [2.24, 2.45) is 0 Å². The van der Waals surface area contributed by atoms with Gasteiger partial charge in [-0.2, -0.15) is 0 Å². The molecule has 0 fully saturated rings. The molecule has 3 N–H and O–H groups in total. The van der Waals surface area contributed by atoms with Gasteiger partial charge >= 0.3 is 0 Å².